The number of nitrogens with zero attached hydrogens (tertiary/aromatic N) is 1. The highest BCUT2D eigenvalue weighted by Crippen LogP contribution is 2.25. The van der Waals surface area contributed by atoms with Crippen molar-refractivity contribution < 1.29 is 9.53 Å². The molecule has 6 nitrogen and oxygen atoms in total. The highest BCUT2D eigenvalue weighted by atomic mass is 127. The lowest BCUT2D eigenvalue weighted by Crippen LogP contribution is -2.42. The van der Waals surface area contributed by atoms with Crippen molar-refractivity contribution >= 4 is 57.5 Å². The lowest BCUT2D eigenvalue weighted by atomic mass is 10.1. The van der Waals surface area contributed by atoms with Crippen molar-refractivity contribution in [1.82, 2.24) is 10.6 Å². The van der Waals surface area contributed by atoms with Crippen LogP contribution in [0, 0.1) is 6.92 Å². The number of halogens is 2. The minimum atomic E-state index is -0.122. The van der Waals surface area contributed by atoms with Crippen LogP contribution in [-0.2, 0) is 17.6 Å². The Morgan fingerprint density at radius 1 is 1.21 bits per heavy atom. The summed E-state index contributed by atoms with van der Waals surface area (Å²) in [7, 11) is 1.69. The fraction of sp³-hybridized carbons (Fsp3) is 0.333. The Kier molecular flexibility index (Phi) is 9.22. The van der Waals surface area contributed by atoms with Gasteiger partial charge >= 0.3 is 0 Å². The maximum absolute atomic E-state index is 12.2. The van der Waals surface area contributed by atoms with E-state index in [1.54, 1.807) is 7.05 Å². The number of aliphatic imine (C=N–C) groups is 1. The highest BCUT2D eigenvalue weighted by Gasteiger charge is 2.12. The summed E-state index contributed by atoms with van der Waals surface area (Å²) in [4.78, 5) is 16.4. The predicted octanol–water partition coefficient (Wildman–Crippen LogP) is 3.66. The third-order valence-corrected chi connectivity index (χ3v) is 5.07. The molecular formula is C21H26BrIN4O2. The molecule has 2 aromatic carbocycles. The van der Waals surface area contributed by atoms with Gasteiger partial charge in [0, 0.05) is 30.2 Å². The predicted molar refractivity (Wildman–Crippen MR) is 132 cm³/mol. The highest BCUT2D eigenvalue weighted by molar-refractivity contribution is 14.0. The molecule has 0 saturated carbocycles. The van der Waals surface area contributed by atoms with Crippen molar-refractivity contribution in [3.05, 3.63) is 57.6 Å². The van der Waals surface area contributed by atoms with Gasteiger partial charge in [-0.3, -0.25) is 9.79 Å². The topological polar surface area (TPSA) is 74.8 Å². The maximum atomic E-state index is 12.2. The van der Waals surface area contributed by atoms with Crippen LogP contribution in [0.15, 0.2) is 45.9 Å². The van der Waals surface area contributed by atoms with Gasteiger partial charge in [-0.05, 0) is 48.2 Å². The number of hydrogen-bond acceptors (Lipinski definition) is 3. The van der Waals surface area contributed by atoms with Crippen LogP contribution in [0.4, 0.5) is 5.69 Å². The number of fused-ring (bicyclic) bond motifs is 1. The van der Waals surface area contributed by atoms with E-state index in [9.17, 15) is 4.79 Å². The minimum absolute atomic E-state index is 0. The first-order valence-electron chi connectivity index (χ1n) is 9.30. The zero-order valence-electron chi connectivity index (χ0n) is 16.5. The molecule has 0 aliphatic carbocycles. The number of guanidine groups is 1. The van der Waals surface area contributed by atoms with Crippen molar-refractivity contribution in [2.75, 3.05) is 32.1 Å². The van der Waals surface area contributed by atoms with Crippen LogP contribution in [0.25, 0.3) is 0 Å². The summed E-state index contributed by atoms with van der Waals surface area (Å²) in [5, 5.41) is 9.20. The Balaban J connectivity index is 0.00000300. The fourth-order valence-corrected chi connectivity index (χ4v) is 3.39. The molecular weight excluding hydrogens is 547 g/mol. The first kappa shape index (κ1) is 23.5. The van der Waals surface area contributed by atoms with E-state index in [1.807, 2.05) is 31.2 Å². The first-order valence-corrected chi connectivity index (χ1v) is 10.1. The zero-order chi connectivity index (χ0) is 19.9. The number of carbonyl (C=O) groups is 1. The van der Waals surface area contributed by atoms with Gasteiger partial charge in [0.1, 0.15) is 5.75 Å². The van der Waals surface area contributed by atoms with Crippen molar-refractivity contribution in [1.29, 1.82) is 0 Å². The smallest absolute Gasteiger partial charge is 0.243 e. The SMILES string of the molecule is CN=C(NCCc1ccc2c(c1)CCO2)NCC(=O)Nc1cc(Br)ccc1C.I. The van der Waals surface area contributed by atoms with Gasteiger partial charge in [0.05, 0.1) is 13.2 Å². The van der Waals surface area contributed by atoms with Gasteiger partial charge in [-0.2, -0.15) is 0 Å². The maximum Gasteiger partial charge on any atom is 0.243 e. The Morgan fingerprint density at radius 2 is 2.03 bits per heavy atom. The van der Waals surface area contributed by atoms with Crippen LogP contribution < -0.4 is 20.7 Å². The summed E-state index contributed by atoms with van der Waals surface area (Å²) < 4.78 is 6.47. The molecule has 0 saturated heterocycles. The molecule has 29 heavy (non-hydrogen) atoms. The number of anilines is 1. The number of benzene rings is 2. The summed E-state index contributed by atoms with van der Waals surface area (Å²) in [6, 6.07) is 12.1. The van der Waals surface area contributed by atoms with Crippen LogP contribution >= 0.6 is 39.9 Å². The number of amides is 1. The van der Waals surface area contributed by atoms with Crippen molar-refractivity contribution in [2.24, 2.45) is 4.99 Å². The molecule has 1 amide bonds. The van der Waals surface area contributed by atoms with Gasteiger partial charge in [-0.15, -0.1) is 24.0 Å². The minimum Gasteiger partial charge on any atom is -0.493 e. The molecule has 2 aromatic rings. The van der Waals surface area contributed by atoms with Crippen LogP contribution in [-0.4, -0.2) is 38.6 Å². The molecule has 8 heteroatoms. The van der Waals surface area contributed by atoms with Gasteiger partial charge < -0.3 is 20.7 Å². The van der Waals surface area contributed by atoms with Crippen molar-refractivity contribution in [2.45, 2.75) is 19.8 Å². The monoisotopic (exact) mass is 572 g/mol. The average Bonchev–Trinajstić information content (AvgIpc) is 3.15. The third-order valence-electron chi connectivity index (χ3n) is 4.57. The van der Waals surface area contributed by atoms with E-state index < -0.39 is 0 Å². The second-order valence-corrected chi connectivity index (χ2v) is 7.57. The Bertz CT molecular complexity index is 889. The molecule has 0 atom stereocenters. The molecule has 1 aliphatic heterocycles. The van der Waals surface area contributed by atoms with Gasteiger partial charge in [0.25, 0.3) is 0 Å². The lowest BCUT2D eigenvalue weighted by Gasteiger charge is -2.13. The largest absolute Gasteiger partial charge is 0.493 e. The van der Waals surface area contributed by atoms with Gasteiger partial charge in [0.2, 0.25) is 5.91 Å². The summed E-state index contributed by atoms with van der Waals surface area (Å²) >= 11 is 3.42. The normalized spacial score (nSPS) is 12.4. The number of rotatable bonds is 6. The van der Waals surface area contributed by atoms with E-state index in [1.165, 1.54) is 11.1 Å². The molecule has 0 radical (unpaired) electrons. The number of aryl methyl sites for hydroxylation is 1. The van der Waals surface area contributed by atoms with Crippen LogP contribution in [0.3, 0.4) is 0 Å². The molecule has 1 aliphatic rings. The third kappa shape index (κ3) is 6.88. The standard InChI is InChI=1S/C21H25BrN4O2.HI/c1-14-3-5-17(22)12-18(14)26-20(27)13-25-21(23-2)24-9-7-15-4-6-19-16(11-15)8-10-28-19;/h3-6,11-12H,7-10,13H2,1-2H3,(H,26,27)(H2,23,24,25);1H. The molecule has 1 heterocycles. The molecule has 0 unspecified atom stereocenters. The van der Waals surface area contributed by atoms with E-state index in [0.29, 0.717) is 5.96 Å². The number of ether oxygens (including phenoxy) is 1. The molecule has 0 spiro atoms. The Labute approximate surface area is 197 Å². The van der Waals surface area contributed by atoms with E-state index in [2.05, 4.69) is 49.0 Å². The molecule has 0 aromatic heterocycles. The van der Waals surface area contributed by atoms with Crippen molar-refractivity contribution in [3.8, 4) is 5.75 Å². The molecule has 3 rings (SSSR count). The van der Waals surface area contributed by atoms with Gasteiger partial charge in [0.15, 0.2) is 5.96 Å². The Morgan fingerprint density at radius 3 is 2.83 bits per heavy atom. The molecule has 0 fully saturated rings. The second kappa shape index (κ2) is 11.4. The van der Waals surface area contributed by atoms with E-state index in [0.717, 1.165) is 47.5 Å². The van der Waals surface area contributed by atoms with Crippen LogP contribution in [0.2, 0.25) is 0 Å². The Hall–Kier alpha value is -1.81. The first-order chi connectivity index (χ1) is 13.5. The van der Waals surface area contributed by atoms with Crippen molar-refractivity contribution in [3.63, 3.8) is 0 Å². The van der Waals surface area contributed by atoms with E-state index in [-0.39, 0.29) is 36.4 Å². The second-order valence-electron chi connectivity index (χ2n) is 6.65. The summed E-state index contributed by atoms with van der Waals surface area (Å²) in [6.45, 7) is 3.60. The number of carbonyl (C=O) groups excluding carboxylic acids is 1. The summed E-state index contributed by atoms with van der Waals surface area (Å²) in [5.41, 5.74) is 4.35. The molecule has 0 bridgehead atoms. The van der Waals surface area contributed by atoms with Gasteiger partial charge in [-0.1, -0.05) is 34.1 Å². The average molecular weight is 573 g/mol. The molecule has 3 N–H and O–H groups in total. The zero-order valence-corrected chi connectivity index (χ0v) is 20.5. The summed E-state index contributed by atoms with van der Waals surface area (Å²) in [6.07, 6.45) is 1.85. The van der Waals surface area contributed by atoms with E-state index >= 15 is 0 Å². The van der Waals surface area contributed by atoms with E-state index in [4.69, 9.17) is 4.74 Å². The van der Waals surface area contributed by atoms with Gasteiger partial charge in [-0.25, -0.2) is 0 Å². The number of nitrogens with one attached hydrogen (secondary N) is 3. The van der Waals surface area contributed by atoms with Crippen LogP contribution in [0.5, 0.6) is 5.75 Å². The summed E-state index contributed by atoms with van der Waals surface area (Å²) in [5.74, 6) is 1.48. The fourth-order valence-electron chi connectivity index (χ4n) is 3.03. The number of hydrogen-bond donors (Lipinski definition) is 3. The van der Waals surface area contributed by atoms with Crippen LogP contribution in [0.1, 0.15) is 16.7 Å². The quantitative estimate of drug-likeness (QED) is 0.281. The lowest BCUT2D eigenvalue weighted by molar-refractivity contribution is -0.115. The molecule has 156 valence electrons.